The lowest BCUT2D eigenvalue weighted by Gasteiger charge is -2.16. The van der Waals surface area contributed by atoms with Gasteiger partial charge < -0.3 is 5.11 Å². The van der Waals surface area contributed by atoms with E-state index in [0.717, 1.165) is 10.4 Å². The molecule has 1 unspecified atom stereocenters. The van der Waals surface area contributed by atoms with E-state index < -0.39 is 6.10 Å². The first-order valence-electron chi connectivity index (χ1n) is 7.17. The van der Waals surface area contributed by atoms with Crippen LogP contribution in [0.25, 0.3) is 0 Å². The molecule has 0 radical (unpaired) electrons. The highest BCUT2D eigenvalue weighted by Gasteiger charge is 2.19. The molecular formula is C18H24OS. The minimum atomic E-state index is -0.516. The fraction of sp³-hybridized carbons (Fsp3) is 0.444. The molecule has 0 amide bonds. The predicted octanol–water partition coefficient (Wildman–Crippen LogP) is 5.25. The molecular weight excluding hydrogens is 264 g/mol. The molecule has 2 aromatic rings. The number of aliphatic hydroxyl groups is 1. The Kier molecular flexibility index (Phi) is 4.36. The minimum Gasteiger partial charge on any atom is -0.383 e. The summed E-state index contributed by atoms with van der Waals surface area (Å²) in [5, 5.41) is 10.5. The van der Waals surface area contributed by atoms with Gasteiger partial charge in [-0.2, -0.15) is 0 Å². The summed E-state index contributed by atoms with van der Waals surface area (Å²) in [7, 11) is 0. The van der Waals surface area contributed by atoms with Gasteiger partial charge in [0, 0.05) is 9.75 Å². The number of hydrogen-bond donors (Lipinski definition) is 1. The molecule has 0 saturated heterocycles. The standard InChI is InChI=1S/C18H24OS/c1-12(2)13-6-8-14(9-7-13)17(19)15-10-11-16(20-15)18(3,4)5/h6-12,17,19H,1-5H3. The average molecular weight is 288 g/mol. The molecule has 0 spiro atoms. The first-order chi connectivity index (χ1) is 9.29. The van der Waals surface area contributed by atoms with Crippen LogP contribution in [0.2, 0.25) is 0 Å². The van der Waals surface area contributed by atoms with Gasteiger partial charge >= 0.3 is 0 Å². The zero-order valence-corrected chi connectivity index (χ0v) is 13.8. The van der Waals surface area contributed by atoms with Crippen LogP contribution >= 0.6 is 11.3 Å². The topological polar surface area (TPSA) is 20.2 Å². The quantitative estimate of drug-likeness (QED) is 0.817. The average Bonchev–Trinajstić information content (AvgIpc) is 2.87. The molecule has 1 aromatic carbocycles. The van der Waals surface area contributed by atoms with E-state index in [2.05, 4.69) is 52.8 Å². The minimum absolute atomic E-state index is 0.143. The summed E-state index contributed by atoms with van der Waals surface area (Å²) in [6.07, 6.45) is -0.516. The molecule has 1 aromatic heterocycles. The molecule has 2 heteroatoms. The number of rotatable bonds is 3. The summed E-state index contributed by atoms with van der Waals surface area (Å²) in [6.45, 7) is 11.0. The SMILES string of the molecule is CC(C)c1ccc(C(O)c2ccc(C(C)(C)C)s2)cc1. The Hall–Kier alpha value is -1.12. The Morgan fingerprint density at radius 2 is 1.45 bits per heavy atom. The zero-order valence-electron chi connectivity index (χ0n) is 13.0. The van der Waals surface area contributed by atoms with Gasteiger partial charge in [-0.05, 0) is 34.6 Å². The molecule has 108 valence electrons. The highest BCUT2D eigenvalue weighted by Crippen LogP contribution is 2.34. The summed E-state index contributed by atoms with van der Waals surface area (Å²) >= 11 is 1.70. The monoisotopic (exact) mass is 288 g/mol. The van der Waals surface area contributed by atoms with Crippen molar-refractivity contribution in [3.05, 3.63) is 57.3 Å². The molecule has 0 aliphatic carbocycles. The van der Waals surface area contributed by atoms with Crippen LogP contribution in [-0.4, -0.2) is 5.11 Å². The van der Waals surface area contributed by atoms with Gasteiger partial charge in [0.05, 0.1) is 0 Å². The van der Waals surface area contributed by atoms with E-state index in [9.17, 15) is 5.11 Å². The molecule has 0 saturated carbocycles. The molecule has 0 fully saturated rings. The van der Waals surface area contributed by atoms with Crippen molar-refractivity contribution in [1.29, 1.82) is 0 Å². The molecule has 1 atom stereocenters. The van der Waals surface area contributed by atoms with Gasteiger partial charge in [0.1, 0.15) is 6.10 Å². The van der Waals surface area contributed by atoms with Crippen LogP contribution in [0, 0.1) is 0 Å². The highest BCUT2D eigenvalue weighted by molar-refractivity contribution is 7.12. The number of hydrogen-bond acceptors (Lipinski definition) is 2. The first kappa shape index (κ1) is 15.3. The van der Waals surface area contributed by atoms with Gasteiger partial charge in [0.2, 0.25) is 0 Å². The smallest absolute Gasteiger partial charge is 0.113 e. The van der Waals surface area contributed by atoms with Gasteiger partial charge in [-0.3, -0.25) is 0 Å². The molecule has 2 rings (SSSR count). The van der Waals surface area contributed by atoms with E-state index in [4.69, 9.17) is 0 Å². The third-order valence-corrected chi connectivity index (χ3v) is 5.12. The Bertz CT molecular complexity index is 558. The second kappa shape index (κ2) is 5.71. The van der Waals surface area contributed by atoms with Crippen molar-refractivity contribution in [3.8, 4) is 0 Å². The lowest BCUT2D eigenvalue weighted by atomic mass is 9.95. The Balaban J connectivity index is 2.22. The van der Waals surface area contributed by atoms with Crippen molar-refractivity contribution in [2.45, 2.75) is 52.1 Å². The number of thiophene rings is 1. The van der Waals surface area contributed by atoms with E-state index >= 15 is 0 Å². The van der Waals surface area contributed by atoms with Gasteiger partial charge in [-0.1, -0.05) is 58.9 Å². The van der Waals surface area contributed by atoms with Crippen molar-refractivity contribution in [3.63, 3.8) is 0 Å². The van der Waals surface area contributed by atoms with E-state index in [1.165, 1.54) is 10.4 Å². The zero-order chi connectivity index (χ0) is 14.9. The van der Waals surface area contributed by atoms with Crippen LogP contribution in [0.4, 0.5) is 0 Å². The van der Waals surface area contributed by atoms with Crippen LogP contribution in [0.5, 0.6) is 0 Å². The van der Waals surface area contributed by atoms with E-state index in [1.807, 2.05) is 18.2 Å². The van der Waals surface area contributed by atoms with Crippen LogP contribution in [0.1, 0.15) is 67.5 Å². The van der Waals surface area contributed by atoms with Crippen LogP contribution < -0.4 is 0 Å². The van der Waals surface area contributed by atoms with Crippen molar-refractivity contribution >= 4 is 11.3 Å². The molecule has 1 heterocycles. The van der Waals surface area contributed by atoms with Crippen molar-refractivity contribution in [1.82, 2.24) is 0 Å². The maximum absolute atomic E-state index is 10.5. The maximum Gasteiger partial charge on any atom is 0.113 e. The van der Waals surface area contributed by atoms with E-state index in [1.54, 1.807) is 11.3 Å². The molecule has 0 aliphatic heterocycles. The van der Waals surface area contributed by atoms with Gasteiger partial charge in [-0.15, -0.1) is 11.3 Å². The summed E-state index contributed by atoms with van der Waals surface area (Å²) < 4.78 is 0. The van der Waals surface area contributed by atoms with E-state index in [0.29, 0.717) is 5.92 Å². The second-order valence-electron chi connectivity index (χ2n) is 6.68. The fourth-order valence-corrected chi connectivity index (χ4v) is 3.21. The van der Waals surface area contributed by atoms with Crippen LogP contribution in [0.3, 0.4) is 0 Å². The Labute approximate surface area is 126 Å². The van der Waals surface area contributed by atoms with Crippen LogP contribution in [0.15, 0.2) is 36.4 Å². The first-order valence-corrected chi connectivity index (χ1v) is 7.99. The fourth-order valence-electron chi connectivity index (χ4n) is 2.13. The van der Waals surface area contributed by atoms with Gasteiger partial charge in [0.15, 0.2) is 0 Å². The van der Waals surface area contributed by atoms with E-state index in [-0.39, 0.29) is 5.41 Å². The Morgan fingerprint density at radius 1 is 0.900 bits per heavy atom. The normalized spacial score (nSPS) is 13.8. The molecule has 0 bridgehead atoms. The molecule has 1 N–H and O–H groups in total. The van der Waals surface area contributed by atoms with Crippen LogP contribution in [-0.2, 0) is 5.41 Å². The highest BCUT2D eigenvalue weighted by atomic mass is 32.1. The third kappa shape index (κ3) is 3.31. The molecule has 1 nitrogen and oxygen atoms in total. The van der Waals surface area contributed by atoms with Crippen molar-refractivity contribution in [2.75, 3.05) is 0 Å². The van der Waals surface area contributed by atoms with Gasteiger partial charge in [0.25, 0.3) is 0 Å². The van der Waals surface area contributed by atoms with Crippen molar-refractivity contribution in [2.24, 2.45) is 0 Å². The lowest BCUT2D eigenvalue weighted by Crippen LogP contribution is -2.07. The maximum atomic E-state index is 10.5. The summed E-state index contributed by atoms with van der Waals surface area (Å²) in [6, 6.07) is 12.5. The Morgan fingerprint density at radius 3 is 1.90 bits per heavy atom. The lowest BCUT2D eigenvalue weighted by molar-refractivity contribution is 0.224. The largest absolute Gasteiger partial charge is 0.383 e. The number of aliphatic hydroxyl groups excluding tert-OH is 1. The van der Waals surface area contributed by atoms with Crippen molar-refractivity contribution < 1.29 is 5.11 Å². The molecule has 0 aliphatic rings. The summed E-state index contributed by atoms with van der Waals surface area (Å²) in [5.74, 6) is 0.524. The second-order valence-corrected chi connectivity index (χ2v) is 7.79. The molecule has 20 heavy (non-hydrogen) atoms. The summed E-state index contributed by atoms with van der Waals surface area (Å²) in [5.41, 5.74) is 2.42. The summed E-state index contributed by atoms with van der Waals surface area (Å²) in [4.78, 5) is 2.33. The predicted molar refractivity (Wildman–Crippen MR) is 87.6 cm³/mol. The number of benzene rings is 1. The third-order valence-electron chi connectivity index (χ3n) is 3.55. The van der Waals surface area contributed by atoms with Gasteiger partial charge in [-0.25, -0.2) is 0 Å².